The number of ether oxygens (including phenoxy) is 1. The van der Waals surface area contributed by atoms with Gasteiger partial charge in [0.15, 0.2) is 0 Å². The number of fused-ring (bicyclic) bond motifs is 1. The van der Waals surface area contributed by atoms with Gasteiger partial charge in [-0.1, -0.05) is 19.8 Å². The van der Waals surface area contributed by atoms with Gasteiger partial charge in [0.05, 0.1) is 12.7 Å². The molecule has 4 rings (SSSR count). The molecular weight excluding hydrogens is 390 g/mol. The summed E-state index contributed by atoms with van der Waals surface area (Å²) in [6.45, 7) is 8.21. The summed E-state index contributed by atoms with van der Waals surface area (Å²) in [6.07, 6.45) is 10.3. The number of aliphatic hydroxyl groups is 1. The standard InChI is InChI=1S/C25H39N3O3/c1-2-21(29)18-22(30)17-20-5-3-19(4-6-20)8-11-27-12-14-28(15-13-27)25-23-9-16-31-24(23)7-10-26-25/h7,10,19-21,29H,2-6,8-9,11-18H2,1H3/t19?,20?,21-/m0/s1. The summed E-state index contributed by atoms with van der Waals surface area (Å²) in [6, 6.07) is 1.99. The summed E-state index contributed by atoms with van der Waals surface area (Å²) in [5.74, 6) is 3.75. The second-order valence-electron chi connectivity index (χ2n) is 9.72. The second kappa shape index (κ2) is 10.8. The first-order valence-electron chi connectivity index (χ1n) is 12.4. The van der Waals surface area contributed by atoms with Crippen molar-refractivity contribution in [1.29, 1.82) is 0 Å². The number of anilines is 1. The van der Waals surface area contributed by atoms with E-state index in [1.165, 1.54) is 44.2 Å². The number of aliphatic hydroxyl groups excluding tert-OH is 1. The number of carbonyl (C=O) groups is 1. The number of rotatable bonds is 9. The normalized spacial score (nSPS) is 25.2. The highest BCUT2D eigenvalue weighted by Crippen LogP contribution is 2.34. The van der Waals surface area contributed by atoms with Crippen molar-refractivity contribution in [3.8, 4) is 5.75 Å². The molecule has 1 atom stereocenters. The van der Waals surface area contributed by atoms with E-state index < -0.39 is 6.10 Å². The topological polar surface area (TPSA) is 65.9 Å². The van der Waals surface area contributed by atoms with Crippen LogP contribution in [0.5, 0.6) is 5.75 Å². The van der Waals surface area contributed by atoms with E-state index in [4.69, 9.17) is 4.74 Å². The highest BCUT2D eigenvalue weighted by molar-refractivity contribution is 5.79. The first-order valence-corrected chi connectivity index (χ1v) is 12.4. The van der Waals surface area contributed by atoms with Gasteiger partial charge < -0.3 is 14.7 Å². The lowest BCUT2D eigenvalue weighted by Crippen LogP contribution is -2.47. The fourth-order valence-electron chi connectivity index (χ4n) is 5.46. The summed E-state index contributed by atoms with van der Waals surface area (Å²) < 4.78 is 5.70. The number of pyridine rings is 1. The molecule has 2 aliphatic heterocycles. The predicted molar refractivity (Wildman–Crippen MR) is 123 cm³/mol. The number of nitrogens with zero attached hydrogens (tertiary/aromatic N) is 3. The van der Waals surface area contributed by atoms with Gasteiger partial charge in [-0.3, -0.25) is 9.69 Å². The fraction of sp³-hybridized carbons (Fsp3) is 0.760. The first-order chi connectivity index (χ1) is 15.1. The smallest absolute Gasteiger partial charge is 0.135 e. The monoisotopic (exact) mass is 429 g/mol. The Bertz CT molecular complexity index is 725. The van der Waals surface area contributed by atoms with Crippen molar-refractivity contribution >= 4 is 11.6 Å². The Labute approximate surface area is 187 Å². The molecule has 3 aliphatic rings. The van der Waals surface area contributed by atoms with Gasteiger partial charge in [0.25, 0.3) is 0 Å². The molecule has 0 bridgehead atoms. The Balaban J connectivity index is 1.14. The maximum atomic E-state index is 12.1. The second-order valence-corrected chi connectivity index (χ2v) is 9.72. The van der Waals surface area contributed by atoms with Gasteiger partial charge in [0.1, 0.15) is 17.4 Å². The van der Waals surface area contributed by atoms with Crippen LogP contribution in [0, 0.1) is 11.8 Å². The lowest BCUT2D eigenvalue weighted by atomic mass is 9.78. The maximum Gasteiger partial charge on any atom is 0.135 e. The average molecular weight is 430 g/mol. The van der Waals surface area contributed by atoms with Crippen molar-refractivity contribution in [2.45, 2.75) is 70.8 Å². The van der Waals surface area contributed by atoms with Crippen LogP contribution in [0.3, 0.4) is 0 Å². The third-order valence-electron chi connectivity index (χ3n) is 7.54. The van der Waals surface area contributed by atoms with Crippen molar-refractivity contribution in [3.63, 3.8) is 0 Å². The highest BCUT2D eigenvalue weighted by Gasteiger charge is 2.26. The van der Waals surface area contributed by atoms with E-state index in [-0.39, 0.29) is 5.78 Å². The lowest BCUT2D eigenvalue weighted by molar-refractivity contribution is -0.122. The molecule has 0 aromatic carbocycles. The van der Waals surface area contributed by atoms with E-state index in [0.29, 0.717) is 25.2 Å². The van der Waals surface area contributed by atoms with Gasteiger partial charge in [-0.05, 0) is 50.1 Å². The summed E-state index contributed by atoms with van der Waals surface area (Å²) in [7, 11) is 0. The zero-order valence-electron chi connectivity index (χ0n) is 19.1. The molecule has 1 aromatic rings. The molecule has 1 saturated heterocycles. The van der Waals surface area contributed by atoms with Crippen LogP contribution in [0.2, 0.25) is 0 Å². The number of hydrogen-bond donors (Lipinski definition) is 1. The van der Waals surface area contributed by atoms with Crippen molar-refractivity contribution in [2.24, 2.45) is 11.8 Å². The number of carbonyl (C=O) groups excluding carboxylic acids is 1. The fourth-order valence-corrected chi connectivity index (χ4v) is 5.46. The van der Waals surface area contributed by atoms with E-state index in [0.717, 1.165) is 56.7 Å². The minimum Gasteiger partial charge on any atom is -0.493 e. The van der Waals surface area contributed by atoms with Crippen LogP contribution in [0.15, 0.2) is 12.3 Å². The third kappa shape index (κ3) is 5.98. The van der Waals surface area contributed by atoms with Crippen LogP contribution in [-0.2, 0) is 11.2 Å². The Hall–Kier alpha value is -1.66. The van der Waals surface area contributed by atoms with Crippen molar-refractivity contribution < 1.29 is 14.6 Å². The van der Waals surface area contributed by atoms with E-state index in [1.807, 2.05) is 19.2 Å². The van der Waals surface area contributed by atoms with Crippen LogP contribution in [0.25, 0.3) is 0 Å². The van der Waals surface area contributed by atoms with Crippen LogP contribution in [0.4, 0.5) is 5.82 Å². The molecule has 172 valence electrons. The molecule has 0 radical (unpaired) electrons. The SMILES string of the molecule is CC[C@H](O)CC(=O)CC1CCC(CCN2CCN(c3nccc4c3CCO4)CC2)CC1. The van der Waals surface area contributed by atoms with Gasteiger partial charge in [-0.25, -0.2) is 4.98 Å². The molecule has 0 amide bonds. The summed E-state index contributed by atoms with van der Waals surface area (Å²) in [5.41, 5.74) is 1.29. The number of aromatic nitrogens is 1. The molecule has 31 heavy (non-hydrogen) atoms. The number of ketones is 1. The maximum absolute atomic E-state index is 12.1. The van der Waals surface area contributed by atoms with Crippen molar-refractivity contribution in [1.82, 2.24) is 9.88 Å². The summed E-state index contributed by atoms with van der Waals surface area (Å²) in [5, 5.41) is 9.68. The van der Waals surface area contributed by atoms with E-state index in [9.17, 15) is 9.90 Å². The quantitative estimate of drug-likeness (QED) is 0.649. The molecule has 0 spiro atoms. The van der Waals surface area contributed by atoms with Gasteiger partial charge in [0.2, 0.25) is 0 Å². The molecule has 0 unspecified atom stereocenters. The van der Waals surface area contributed by atoms with Crippen LogP contribution < -0.4 is 9.64 Å². The largest absolute Gasteiger partial charge is 0.493 e. The van der Waals surface area contributed by atoms with Gasteiger partial charge in [-0.2, -0.15) is 0 Å². The Morgan fingerprint density at radius 1 is 1.19 bits per heavy atom. The van der Waals surface area contributed by atoms with E-state index in [2.05, 4.69) is 14.8 Å². The van der Waals surface area contributed by atoms with E-state index >= 15 is 0 Å². The minimum atomic E-state index is -0.448. The summed E-state index contributed by atoms with van der Waals surface area (Å²) in [4.78, 5) is 21.8. The number of hydrogen-bond acceptors (Lipinski definition) is 6. The molecule has 6 heteroatoms. The zero-order valence-corrected chi connectivity index (χ0v) is 19.1. The summed E-state index contributed by atoms with van der Waals surface area (Å²) >= 11 is 0. The molecule has 1 N–H and O–H groups in total. The van der Waals surface area contributed by atoms with Crippen LogP contribution in [0.1, 0.15) is 63.9 Å². The van der Waals surface area contributed by atoms with E-state index in [1.54, 1.807) is 0 Å². The average Bonchev–Trinajstić information content (AvgIpc) is 3.28. The predicted octanol–water partition coefficient (Wildman–Crippen LogP) is 3.46. The van der Waals surface area contributed by atoms with Crippen molar-refractivity contribution in [3.05, 3.63) is 17.8 Å². The molecule has 3 heterocycles. The lowest BCUT2D eigenvalue weighted by Gasteiger charge is -2.37. The van der Waals surface area contributed by atoms with Crippen molar-refractivity contribution in [2.75, 3.05) is 44.2 Å². The van der Waals surface area contributed by atoms with Gasteiger partial charge in [0, 0.05) is 57.2 Å². The number of piperazine rings is 1. The molecule has 1 aromatic heterocycles. The molecular formula is C25H39N3O3. The molecule has 6 nitrogen and oxygen atoms in total. The van der Waals surface area contributed by atoms with Crippen LogP contribution in [-0.4, -0.2) is 66.2 Å². The Morgan fingerprint density at radius 3 is 2.68 bits per heavy atom. The van der Waals surface area contributed by atoms with Crippen LogP contribution >= 0.6 is 0 Å². The molecule has 1 aliphatic carbocycles. The Kier molecular flexibility index (Phi) is 7.83. The zero-order chi connectivity index (χ0) is 21.6. The minimum absolute atomic E-state index is 0.251. The highest BCUT2D eigenvalue weighted by atomic mass is 16.5. The number of Topliss-reactive ketones (excluding diaryl/α,β-unsaturated/α-hetero) is 1. The molecule has 2 fully saturated rings. The van der Waals surface area contributed by atoms with Gasteiger partial charge in [-0.15, -0.1) is 0 Å². The van der Waals surface area contributed by atoms with Gasteiger partial charge >= 0.3 is 0 Å². The third-order valence-corrected chi connectivity index (χ3v) is 7.54. The Morgan fingerprint density at radius 2 is 1.94 bits per heavy atom. The first kappa shape index (κ1) is 22.5. The molecule has 1 saturated carbocycles.